The van der Waals surface area contributed by atoms with Gasteiger partial charge in [0, 0.05) is 12.1 Å². The Kier molecular flexibility index (Phi) is 7.76. The van der Waals surface area contributed by atoms with E-state index in [2.05, 4.69) is 5.32 Å². The minimum Gasteiger partial charge on any atom is -0.384 e. The first-order valence-corrected chi connectivity index (χ1v) is 11.8. The average Bonchev–Trinajstić information content (AvgIpc) is 2.77. The van der Waals surface area contributed by atoms with E-state index >= 15 is 0 Å². The minimum absolute atomic E-state index is 0.116. The number of hydrogen-bond acceptors (Lipinski definition) is 6. The number of aromatic nitrogens is 2. The monoisotopic (exact) mass is 469 g/mol. The van der Waals surface area contributed by atoms with E-state index in [4.69, 9.17) is 5.73 Å². The van der Waals surface area contributed by atoms with Crippen LogP contribution in [0.4, 0.5) is 5.82 Å². The molecule has 1 fully saturated rings. The number of rotatable bonds is 7. The van der Waals surface area contributed by atoms with Gasteiger partial charge in [0.05, 0.1) is 19.1 Å². The second-order valence-corrected chi connectivity index (χ2v) is 9.81. The summed E-state index contributed by atoms with van der Waals surface area (Å²) in [4.78, 5) is 54.1. The van der Waals surface area contributed by atoms with Gasteiger partial charge in [0.1, 0.15) is 11.4 Å². The van der Waals surface area contributed by atoms with Gasteiger partial charge in [-0.1, -0.05) is 36.8 Å². The average molecular weight is 470 g/mol. The van der Waals surface area contributed by atoms with Gasteiger partial charge >= 0.3 is 5.69 Å². The predicted octanol–water partition coefficient (Wildman–Crippen LogP) is 1.61. The van der Waals surface area contributed by atoms with E-state index in [0.717, 1.165) is 23.0 Å². The molecule has 1 unspecified atom stereocenters. The zero-order valence-electron chi connectivity index (χ0n) is 20.5. The van der Waals surface area contributed by atoms with E-state index in [1.807, 2.05) is 56.0 Å². The van der Waals surface area contributed by atoms with Crippen molar-refractivity contribution in [1.29, 1.82) is 0 Å². The maximum Gasteiger partial charge on any atom is 0.332 e. The van der Waals surface area contributed by atoms with Crippen molar-refractivity contribution < 1.29 is 9.59 Å². The highest BCUT2D eigenvalue weighted by Gasteiger charge is 2.33. The molecule has 1 aromatic carbocycles. The van der Waals surface area contributed by atoms with Crippen molar-refractivity contribution in [2.24, 2.45) is 0 Å². The second-order valence-electron chi connectivity index (χ2n) is 9.81. The molecule has 3 rings (SSSR count). The van der Waals surface area contributed by atoms with Crippen LogP contribution < -0.4 is 22.3 Å². The number of nitrogens with one attached hydrogen (secondary N) is 1. The van der Waals surface area contributed by atoms with Gasteiger partial charge in [0.15, 0.2) is 5.78 Å². The van der Waals surface area contributed by atoms with E-state index < -0.39 is 28.6 Å². The van der Waals surface area contributed by atoms with Gasteiger partial charge in [-0.3, -0.25) is 28.4 Å². The van der Waals surface area contributed by atoms with Gasteiger partial charge in [-0.15, -0.1) is 0 Å². The lowest BCUT2D eigenvalue weighted by Crippen LogP contribution is -2.55. The topological polar surface area (TPSA) is 119 Å². The summed E-state index contributed by atoms with van der Waals surface area (Å²) < 4.78 is 2.31. The Bertz CT molecular complexity index is 1160. The molecule has 1 atom stereocenters. The fraction of sp³-hybridized carbons (Fsp3) is 0.520. The highest BCUT2D eigenvalue weighted by molar-refractivity contribution is 6.01. The first kappa shape index (κ1) is 25.4. The Labute approximate surface area is 199 Å². The molecule has 0 saturated carbocycles. The Morgan fingerprint density at radius 3 is 2.38 bits per heavy atom. The Balaban J connectivity index is 1.96. The fourth-order valence-corrected chi connectivity index (χ4v) is 4.37. The number of hydrogen-bond donors (Lipinski definition) is 2. The van der Waals surface area contributed by atoms with Gasteiger partial charge in [-0.25, -0.2) is 4.79 Å². The summed E-state index contributed by atoms with van der Waals surface area (Å²) >= 11 is 0. The Hall–Kier alpha value is -3.20. The van der Waals surface area contributed by atoms with Gasteiger partial charge in [-0.05, 0) is 52.6 Å². The Morgan fingerprint density at radius 2 is 1.76 bits per heavy atom. The number of ketones is 1. The minimum atomic E-state index is -0.688. The van der Waals surface area contributed by atoms with Crippen molar-refractivity contribution in [3.63, 3.8) is 0 Å². The molecule has 0 bridgehead atoms. The lowest BCUT2D eigenvalue weighted by Gasteiger charge is -2.36. The maximum atomic E-state index is 13.4. The number of nitrogen functional groups attached to an aromatic ring is 1. The summed E-state index contributed by atoms with van der Waals surface area (Å²) in [5.74, 6) is -0.754. The second kappa shape index (κ2) is 10.4. The first-order valence-electron chi connectivity index (χ1n) is 11.8. The number of anilines is 1. The summed E-state index contributed by atoms with van der Waals surface area (Å²) in [6, 6.07) is 8.79. The van der Waals surface area contributed by atoms with Gasteiger partial charge < -0.3 is 11.1 Å². The third-order valence-electron chi connectivity index (χ3n) is 6.01. The zero-order chi connectivity index (χ0) is 25.0. The van der Waals surface area contributed by atoms with E-state index in [9.17, 15) is 19.2 Å². The number of nitrogens with two attached hydrogens (primary N) is 1. The van der Waals surface area contributed by atoms with Crippen molar-refractivity contribution in [1.82, 2.24) is 19.4 Å². The molecule has 1 aliphatic heterocycles. The lowest BCUT2D eigenvalue weighted by molar-refractivity contribution is -0.128. The number of amides is 1. The standard InChI is InChI=1S/C25H35N5O4/c1-5-29-23(33)20(21(26)30(24(29)34)15-17-11-7-6-8-12-17)19(31)16-28-14-10-9-13-18(28)22(32)27-25(2,3)4/h6-8,11-12,18H,5,9-10,13-16,26H2,1-4H3,(H,27,32). The van der Waals surface area contributed by atoms with Crippen LogP contribution in [-0.4, -0.2) is 50.4 Å². The summed E-state index contributed by atoms with van der Waals surface area (Å²) in [7, 11) is 0. The lowest BCUT2D eigenvalue weighted by atomic mass is 9.98. The van der Waals surface area contributed by atoms with E-state index in [1.165, 1.54) is 4.57 Å². The molecular formula is C25H35N5O4. The fourth-order valence-electron chi connectivity index (χ4n) is 4.37. The first-order chi connectivity index (χ1) is 16.0. The number of carbonyl (C=O) groups excluding carboxylic acids is 2. The number of carbonyl (C=O) groups is 2. The van der Waals surface area contributed by atoms with Gasteiger partial charge in [0.25, 0.3) is 5.56 Å². The third kappa shape index (κ3) is 5.64. The smallest absolute Gasteiger partial charge is 0.332 e. The molecule has 34 heavy (non-hydrogen) atoms. The Morgan fingerprint density at radius 1 is 1.09 bits per heavy atom. The molecule has 0 spiro atoms. The number of benzene rings is 1. The summed E-state index contributed by atoms with van der Waals surface area (Å²) in [5.41, 5.74) is 5.27. The molecule has 0 radical (unpaired) electrons. The van der Waals surface area contributed by atoms with Crippen LogP contribution in [0.2, 0.25) is 0 Å². The molecule has 9 heteroatoms. The summed E-state index contributed by atoms with van der Waals surface area (Å²) in [6.45, 7) is 8.12. The molecule has 3 N–H and O–H groups in total. The molecule has 1 saturated heterocycles. The van der Waals surface area contributed by atoms with Crippen LogP contribution in [-0.2, 0) is 17.9 Å². The van der Waals surface area contributed by atoms with E-state index in [1.54, 1.807) is 6.92 Å². The molecule has 2 heterocycles. The van der Waals surface area contributed by atoms with Crippen LogP contribution >= 0.6 is 0 Å². The SMILES string of the molecule is CCn1c(=O)c(C(=O)CN2CCCCC2C(=O)NC(C)(C)C)c(N)n(Cc2ccccc2)c1=O. The van der Waals surface area contributed by atoms with E-state index in [0.29, 0.717) is 13.0 Å². The molecular weight excluding hydrogens is 434 g/mol. The highest BCUT2D eigenvalue weighted by Crippen LogP contribution is 2.19. The van der Waals surface area contributed by atoms with Crippen LogP contribution in [0.5, 0.6) is 0 Å². The van der Waals surface area contributed by atoms with Gasteiger partial charge in [0.2, 0.25) is 5.91 Å². The van der Waals surface area contributed by atoms with Crippen molar-refractivity contribution >= 4 is 17.5 Å². The van der Waals surface area contributed by atoms with Crippen molar-refractivity contribution in [3.8, 4) is 0 Å². The molecule has 2 aromatic rings. The molecule has 184 valence electrons. The quantitative estimate of drug-likeness (QED) is 0.595. The number of Topliss-reactive ketones (excluding diaryl/α,β-unsaturated/α-hetero) is 1. The van der Waals surface area contributed by atoms with Crippen LogP contribution in [0.25, 0.3) is 0 Å². The largest absolute Gasteiger partial charge is 0.384 e. The van der Waals surface area contributed by atoms with E-state index in [-0.39, 0.29) is 36.9 Å². The molecule has 9 nitrogen and oxygen atoms in total. The van der Waals surface area contributed by atoms with Crippen molar-refractivity contribution in [3.05, 3.63) is 62.3 Å². The highest BCUT2D eigenvalue weighted by atomic mass is 16.2. The van der Waals surface area contributed by atoms with Crippen molar-refractivity contribution in [2.75, 3.05) is 18.8 Å². The van der Waals surface area contributed by atoms with Crippen LogP contribution in [0.15, 0.2) is 39.9 Å². The van der Waals surface area contributed by atoms with Crippen LogP contribution in [0.3, 0.4) is 0 Å². The number of nitrogens with zero attached hydrogens (tertiary/aromatic N) is 3. The summed E-state index contributed by atoms with van der Waals surface area (Å²) in [5, 5.41) is 2.99. The summed E-state index contributed by atoms with van der Waals surface area (Å²) in [6.07, 6.45) is 2.38. The normalized spacial score (nSPS) is 16.9. The predicted molar refractivity (Wildman–Crippen MR) is 132 cm³/mol. The molecule has 0 aliphatic carbocycles. The number of likely N-dealkylation sites (tertiary alicyclic amines) is 1. The molecule has 1 amide bonds. The van der Waals surface area contributed by atoms with Gasteiger partial charge in [-0.2, -0.15) is 0 Å². The molecule has 1 aromatic heterocycles. The third-order valence-corrected chi connectivity index (χ3v) is 6.01. The van der Waals surface area contributed by atoms with Crippen LogP contribution in [0.1, 0.15) is 62.9 Å². The number of piperidine rings is 1. The van der Waals surface area contributed by atoms with Crippen LogP contribution in [0, 0.1) is 0 Å². The van der Waals surface area contributed by atoms with Crippen molar-refractivity contribution in [2.45, 2.75) is 71.6 Å². The molecule has 1 aliphatic rings. The maximum absolute atomic E-state index is 13.4. The zero-order valence-corrected chi connectivity index (χ0v) is 20.5.